The van der Waals surface area contributed by atoms with Crippen LogP contribution < -0.4 is 0 Å². The van der Waals surface area contributed by atoms with Crippen LogP contribution in [0.15, 0.2) is 24.3 Å². The standard InChI is InChI=1S/C16H22BrN3/c1-19(16-10-6-4-8-13(16)17)11-14-12-7-3-5-9-15(12)20(2)18-14/h3,5,7,9,13,16H,4,6,8,10-11H2,1-2H3. The highest BCUT2D eigenvalue weighted by Crippen LogP contribution is 2.29. The first-order chi connectivity index (χ1) is 9.66. The third kappa shape index (κ3) is 2.63. The molecule has 1 fully saturated rings. The molecule has 4 heteroatoms. The lowest BCUT2D eigenvalue weighted by Gasteiger charge is -2.34. The Morgan fingerprint density at radius 3 is 2.85 bits per heavy atom. The Hall–Kier alpha value is -0.870. The van der Waals surface area contributed by atoms with E-state index in [1.54, 1.807) is 0 Å². The molecule has 0 aliphatic heterocycles. The van der Waals surface area contributed by atoms with Gasteiger partial charge in [0.05, 0.1) is 11.2 Å². The molecule has 0 saturated heterocycles. The first-order valence-electron chi connectivity index (χ1n) is 7.42. The van der Waals surface area contributed by atoms with Gasteiger partial charge < -0.3 is 0 Å². The Balaban J connectivity index is 1.82. The summed E-state index contributed by atoms with van der Waals surface area (Å²) in [4.78, 5) is 3.09. The Kier molecular flexibility index (Phi) is 4.13. The predicted octanol–water partition coefficient (Wildman–Crippen LogP) is 3.71. The molecule has 2 aromatic rings. The smallest absolute Gasteiger partial charge is 0.0843 e. The van der Waals surface area contributed by atoms with E-state index in [0.717, 1.165) is 6.54 Å². The van der Waals surface area contributed by atoms with Crippen LogP contribution >= 0.6 is 15.9 Å². The molecule has 0 N–H and O–H groups in total. The molecule has 2 atom stereocenters. The zero-order valence-electron chi connectivity index (χ0n) is 12.2. The minimum Gasteiger partial charge on any atom is -0.296 e. The fourth-order valence-corrected chi connectivity index (χ4v) is 4.31. The largest absolute Gasteiger partial charge is 0.296 e. The van der Waals surface area contributed by atoms with Crippen LogP contribution in [-0.4, -0.2) is 32.6 Å². The number of nitrogens with zero attached hydrogens (tertiary/aromatic N) is 3. The highest BCUT2D eigenvalue weighted by atomic mass is 79.9. The maximum Gasteiger partial charge on any atom is 0.0843 e. The van der Waals surface area contributed by atoms with Gasteiger partial charge in [-0.1, -0.05) is 47.0 Å². The maximum atomic E-state index is 4.71. The summed E-state index contributed by atoms with van der Waals surface area (Å²) < 4.78 is 1.99. The second kappa shape index (κ2) is 5.86. The Morgan fingerprint density at radius 1 is 1.30 bits per heavy atom. The summed E-state index contributed by atoms with van der Waals surface area (Å²) in [6, 6.07) is 9.12. The second-order valence-electron chi connectivity index (χ2n) is 5.87. The molecule has 1 heterocycles. The molecule has 108 valence electrons. The van der Waals surface area contributed by atoms with Crippen LogP contribution in [0.1, 0.15) is 31.4 Å². The summed E-state index contributed by atoms with van der Waals surface area (Å²) in [5.41, 5.74) is 2.41. The van der Waals surface area contributed by atoms with Gasteiger partial charge in [0.15, 0.2) is 0 Å². The Morgan fingerprint density at radius 2 is 2.05 bits per heavy atom. The summed E-state index contributed by atoms with van der Waals surface area (Å²) in [5, 5.41) is 5.99. The van der Waals surface area contributed by atoms with Gasteiger partial charge in [0.1, 0.15) is 0 Å². The number of para-hydroxylation sites is 1. The number of hydrogen-bond acceptors (Lipinski definition) is 2. The van der Waals surface area contributed by atoms with Crippen LogP contribution in [0.4, 0.5) is 0 Å². The molecule has 3 rings (SSSR count). The SMILES string of the molecule is CN(Cc1nn(C)c2ccccc12)C1CCCCC1Br. The van der Waals surface area contributed by atoms with E-state index in [1.807, 2.05) is 11.7 Å². The zero-order chi connectivity index (χ0) is 14.1. The number of aryl methyl sites for hydroxylation is 1. The van der Waals surface area contributed by atoms with E-state index in [1.165, 1.54) is 42.3 Å². The lowest BCUT2D eigenvalue weighted by atomic mass is 9.94. The van der Waals surface area contributed by atoms with E-state index in [9.17, 15) is 0 Å². The lowest BCUT2D eigenvalue weighted by Crippen LogP contribution is -2.40. The van der Waals surface area contributed by atoms with Gasteiger partial charge in [-0.05, 0) is 26.0 Å². The van der Waals surface area contributed by atoms with Crippen LogP contribution in [0.2, 0.25) is 0 Å². The Bertz CT molecular complexity index is 592. The molecule has 20 heavy (non-hydrogen) atoms. The second-order valence-corrected chi connectivity index (χ2v) is 7.05. The molecule has 1 saturated carbocycles. The first kappa shape index (κ1) is 14.1. The third-order valence-corrected chi connectivity index (χ3v) is 5.52. The van der Waals surface area contributed by atoms with Crippen molar-refractivity contribution < 1.29 is 0 Å². The number of halogens is 1. The number of hydrogen-bond donors (Lipinski definition) is 0. The first-order valence-corrected chi connectivity index (χ1v) is 8.33. The molecule has 3 nitrogen and oxygen atoms in total. The highest BCUT2D eigenvalue weighted by Gasteiger charge is 2.27. The molecule has 0 bridgehead atoms. The van der Waals surface area contributed by atoms with Gasteiger partial charge in [0, 0.05) is 29.8 Å². The van der Waals surface area contributed by atoms with Crippen LogP contribution in [0.3, 0.4) is 0 Å². The normalized spacial score (nSPS) is 23.6. The number of alkyl halides is 1. The van der Waals surface area contributed by atoms with Gasteiger partial charge in [-0.2, -0.15) is 5.10 Å². The number of aromatic nitrogens is 2. The van der Waals surface area contributed by atoms with E-state index < -0.39 is 0 Å². The number of fused-ring (bicyclic) bond motifs is 1. The molecule has 0 amide bonds. The quantitative estimate of drug-likeness (QED) is 0.797. The van der Waals surface area contributed by atoms with E-state index in [4.69, 9.17) is 5.10 Å². The van der Waals surface area contributed by atoms with Crippen molar-refractivity contribution >= 4 is 26.8 Å². The molecular formula is C16H22BrN3. The van der Waals surface area contributed by atoms with Gasteiger partial charge in [-0.15, -0.1) is 0 Å². The predicted molar refractivity (Wildman–Crippen MR) is 87.2 cm³/mol. The topological polar surface area (TPSA) is 21.1 Å². The van der Waals surface area contributed by atoms with Crippen molar-refractivity contribution in [2.75, 3.05) is 7.05 Å². The molecule has 1 aliphatic carbocycles. The maximum absolute atomic E-state index is 4.71. The zero-order valence-corrected chi connectivity index (χ0v) is 13.8. The summed E-state index contributed by atoms with van der Waals surface area (Å²) in [6.07, 6.45) is 5.28. The van der Waals surface area contributed by atoms with Crippen molar-refractivity contribution in [1.82, 2.24) is 14.7 Å². The van der Waals surface area contributed by atoms with E-state index >= 15 is 0 Å². The molecule has 2 unspecified atom stereocenters. The van der Waals surface area contributed by atoms with Crippen LogP contribution in [0.5, 0.6) is 0 Å². The van der Waals surface area contributed by atoms with Gasteiger partial charge in [-0.3, -0.25) is 9.58 Å². The third-order valence-electron chi connectivity index (χ3n) is 4.45. The van der Waals surface area contributed by atoms with Gasteiger partial charge in [0.2, 0.25) is 0 Å². The van der Waals surface area contributed by atoms with Crippen molar-refractivity contribution in [3.05, 3.63) is 30.0 Å². The minimum absolute atomic E-state index is 0.622. The monoisotopic (exact) mass is 335 g/mol. The van der Waals surface area contributed by atoms with E-state index in [2.05, 4.69) is 52.1 Å². The molecule has 1 aliphatic rings. The van der Waals surface area contributed by atoms with E-state index in [-0.39, 0.29) is 0 Å². The molecule has 0 radical (unpaired) electrons. The van der Waals surface area contributed by atoms with Crippen molar-refractivity contribution in [3.63, 3.8) is 0 Å². The fourth-order valence-electron chi connectivity index (χ4n) is 3.32. The molecule has 1 aromatic heterocycles. The van der Waals surface area contributed by atoms with Crippen LogP contribution in [-0.2, 0) is 13.6 Å². The average molecular weight is 336 g/mol. The molecular weight excluding hydrogens is 314 g/mol. The summed E-state index contributed by atoms with van der Waals surface area (Å²) in [6.45, 7) is 0.925. The van der Waals surface area contributed by atoms with Crippen LogP contribution in [0.25, 0.3) is 10.9 Å². The number of benzene rings is 1. The summed E-state index contributed by atoms with van der Waals surface area (Å²) in [7, 11) is 4.26. The molecule has 1 aromatic carbocycles. The van der Waals surface area contributed by atoms with E-state index in [0.29, 0.717) is 10.9 Å². The molecule has 0 spiro atoms. The number of rotatable bonds is 3. The van der Waals surface area contributed by atoms with Gasteiger partial charge in [0.25, 0.3) is 0 Å². The summed E-state index contributed by atoms with van der Waals surface area (Å²) in [5.74, 6) is 0. The van der Waals surface area contributed by atoms with Gasteiger partial charge >= 0.3 is 0 Å². The Labute approximate surface area is 129 Å². The van der Waals surface area contributed by atoms with Crippen LogP contribution in [0, 0.1) is 0 Å². The lowest BCUT2D eigenvalue weighted by molar-refractivity contribution is 0.191. The van der Waals surface area contributed by atoms with Crippen molar-refractivity contribution in [2.24, 2.45) is 7.05 Å². The fraction of sp³-hybridized carbons (Fsp3) is 0.562. The van der Waals surface area contributed by atoms with Crippen molar-refractivity contribution in [2.45, 2.75) is 43.1 Å². The minimum atomic E-state index is 0.622. The van der Waals surface area contributed by atoms with Crippen molar-refractivity contribution in [3.8, 4) is 0 Å². The highest BCUT2D eigenvalue weighted by molar-refractivity contribution is 9.09. The van der Waals surface area contributed by atoms with Crippen molar-refractivity contribution in [1.29, 1.82) is 0 Å². The van der Waals surface area contributed by atoms with Gasteiger partial charge in [-0.25, -0.2) is 0 Å². The summed E-state index contributed by atoms with van der Waals surface area (Å²) >= 11 is 3.86. The average Bonchev–Trinajstić information content (AvgIpc) is 2.76.